The normalized spacial score (nSPS) is 11.9. The number of hydrogen-bond donors (Lipinski definition) is 1. The maximum atomic E-state index is 9.07. The summed E-state index contributed by atoms with van der Waals surface area (Å²) in [7, 11) is 0. The summed E-state index contributed by atoms with van der Waals surface area (Å²) in [4.78, 5) is 0. The molecule has 0 heterocycles. The zero-order chi connectivity index (χ0) is 12.0. The SMILES string of the molecule is CCCCC(C)Nc1cccc(Br)c1C#N. The number of nitrogens with zero attached hydrogens (tertiary/aromatic N) is 1. The van der Waals surface area contributed by atoms with Crippen molar-refractivity contribution in [2.24, 2.45) is 0 Å². The standard InChI is InChI=1S/C13H17BrN2/c1-3-4-6-10(2)16-13-8-5-7-12(14)11(13)9-15/h5,7-8,10,16H,3-4,6H2,1-2H3. The van der Waals surface area contributed by atoms with Gasteiger partial charge in [0, 0.05) is 10.5 Å². The Morgan fingerprint density at radius 1 is 1.50 bits per heavy atom. The highest BCUT2D eigenvalue weighted by Gasteiger charge is 2.08. The average molecular weight is 281 g/mol. The first kappa shape index (κ1) is 13.1. The van der Waals surface area contributed by atoms with E-state index >= 15 is 0 Å². The summed E-state index contributed by atoms with van der Waals surface area (Å²) in [5.41, 5.74) is 1.60. The first-order valence-electron chi connectivity index (χ1n) is 5.64. The van der Waals surface area contributed by atoms with E-state index in [2.05, 4.69) is 41.2 Å². The first-order chi connectivity index (χ1) is 7.69. The van der Waals surface area contributed by atoms with Crippen molar-refractivity contribution in [3.8, 4) is 6.07 Å². The molecule has 0 bridgehead atoms. The largest absolute Gasteiger partial charge is 0.381 e. The van der Waals surface area contributed by atoms with Crippen molar-refractivity contribution in [2.45, 2.75) is 39.2 Å². The van der Waals surface area contributed by atoms with Crippen molar-refractivity contribution in [2.75, 3.05) is 5.32 Å². The fourth-order valence-electron chi connectivity index (χ4n) is 1.61. The Hall–Kier alpha value is -1.01. The third-order valence-corrected chi connectivity index (χ3v) is 3.18. The van der Waals surface area contributed by atoms with Gasteiger partial charge >= 0.3 is 0 Å². The number of benzene rings is 1. The molecule has 0 aromatic heterocycles. The van der Waals surface area contributed by atoms with Gasteiger partial charge < -0.3 is 5.32 Å². The van der Waals surface area contributed by atoms with Crippen molar-refractivity contribution >= 4 is 21.6 Å². The van der Waals surface area contributed by atoms with Gasteiger partial charge in [0.25, 0.3) is 0 Å². The van der Waals surface area contributed by atoms with Crippen LogP contribution in [0.2, 0.25) is 0 Å². The highest BCUT2D eigenvalue weighted by atomic mass is 79.9. The molecule has 1 N–H and O–H groups in total. The lowest BCUT2D eigenvalue weighted by Gasteiger charge is -2.16. The summed E-state index contributed by atoms with van der Waals surface area (Å²) in [6, 6.07) is 8.40. The van der Waals surface area contributed by atoms with E-state index in [1.807, 2.05) is 18.2 Å². The molecule has 16 heavy (non-hydrogen) atoms. The molecule has 0 aliphatic heterocycles. The minimum absolute atomic E-state index is 0.404. The van der Waals surface area contributed by atoms with Gasteiger partial charge in [0.05, 0.1) is 11.3 Å². The van der Waals surface area contributed by atoms with Crippen LogP contribution in [0.3, 0.4) is 0 Å². The summed E-state index contributed by atoms with van der Waals surface area (Å²) in [5.74, 6) is 0. The maximum Gasteiger partial charge on any atom is 0.103 e. The van der Waals surface area contributed by atoms with Crippen LogP contribution < -0.4 is 5.32 Å². The molecule has 0 aliphatic rings. The molecule has 0 spiro atoms. The lowest BCUT2D eigenvalue weighted by Crippen LogP contribution is -2.15. The van der Waals surface area contributed by atoms with Crippen LogP contribution in [0, 0.1) is 11.3 Å². The van der Waals surface area contributed by atoms with Crippen LogP contribution in [0.25, 0.3) is 0 Å². The Balaban J connectivity index is 2.74. The van der Waals surface area contributed by atoms with E-state index in [4.69, 9.17) is 5.26 Å². The molecule has 0 saturated heterocycles. The highest BCUT2D eigenvalue weighted by Crippen LogP contribution is 2.24. The summed E-state index contributed by atoms with van der Waals surface area (Å²) >= 11 is 3.39. The average Bonchev–Trinajstić information content (AvgIpc) is 2.27. The molecule has 86 valence electrons. The molecule has 3 heteroatoms. The van der Waals surface area contributed by atoms with Crippen molar-refractivity contribution in [3.63, 3.8) is 0 Å². The Bertz CT molecular complexity index is 382. The number of halogens is 1. The Kier molecular flexibility index (Phi) is 5.34. The predicted octanol–water partition coefficient (Wildman–Crippen LogP) is 4.31. The molecule has 2 nitrogen and oxygen atoms in total. The molecule has 1 unspecified atom stereocenters. The van der Waals surface area contributed by atoms with Gasteiger partial charge in [-0.05, 0) is 41.4 Å². The molecule has 1 atom stereocenters. The number of anilines is 1. The van der Waals surface area contributed by atoms with E-state index in [0.717, 1.165) is 16.6 Å². The molecule has 0 fully saturated rings. The van der Waals surface area contributed by atoms with E-state index in [1.165, 1.54) is 12.8 Å². The lowest BCUT2D eigenvalue weighted by atomic mass is 10.1. The van der Waals surface area contributed by atoms with Crippen molar-refractivity contribution in [1.82, 2.24) is 0 Å². The fourth-order valence-corrected chi connectivity index (χ4v) is 2.06. The van der Waals surface area contributed by atoms with Gasteiger partial charge in [0.1, 0.15) is 6.07 Å². The quantitative estimate of drug-likeness (QED) is 0.872. The van der Waals surface area contributed by atoms with Crippen LogP contribution in [0.15, 0.2) is 22.7 Å². The van der Waals surface area contributed by atoms with Gasteiger partial charge in [-0.2, -0.15) is 5.26 Å². The van der Waals surface area contributed by atoms with E-state index in [-0.39, 0.29) is 0 Å². The zero-order valence-corrected chi connectivity index (χ0v) is 11.3. The second-order valence-corrected chi connectivity index (χ2v) is 4.82. The second kappa shape index (κ2) is 6.55. The number of hydrogen-bond acceptors (Lipinski definition) is 2. The smallest absolute Gasteiger partial charge is 0.103 e. The molecule has 1 aromatic carbocycles. The number of nitrogens with one attached hydrogen (secondary N) is 1. The minimum Gasteiger partial charge on any atom is -0.381 e. The van der Waals surface area contributed by atoms with Crippen LogP contribution >= 0.6 is 15.9 Å². The topological polar surface area (TPSA) is 35.8 Å². The molecular weight excluding hydrogens is 264 g/mol. The Morgan fingerprint density at radius 2 is 2.25 bits per heavy atom. The molecule has 0 aliphatic carbocycles. The number of unbranched alkanes of at least 4 members (excludes halogenated alkanes) is 1. The van der Waals surface area contributed by atoms with Crippen LogP contribution in [-0.2, 0) is 0 Å². The van der Waals surface area contributed by atoms with Crippen molar-refractivity contribution in [3.05, 3.63) is 28.2 Å². The van der Waals surface area contributed by atoms with Crippen LogP contribution in [0.1, 0.15) is 38.7 Å². The summed E-state index contributed by atoms with van der Waals surface area (Å²) in [5, 5.41) is 12.5. The fraction of sp³-hybridized carbons (Fsp3) is 0.462. The third-order valence-electron chi connectivity index (χ3n) is 2.52. The van der Waals surface area contributed by atoms with Gasteiger partial charge in [-0.1, -0.05) is 25.8 Å². The van der Waals surface area contributed by atoms with E-state index < -0.39 is 0 Å². The van der Waals surface area contributed by atoms with Crippen LogP contribution in [0.5, 0.6) is 0 Å². The third kappa shape index (κ3) is 3.53. The minimum atomic E-state index is 0.404. The molecule has 1 aromatic rings. The molecule has 0 amide bonds. The molecule has 0 saturated carbocycles. The van der Waals surface area contributed by atoms with E-state index in [1.54, 1.807) is 0 Å². The second-order valence-electron chi connectivity index (χ2n) is 3.96. The van der Waals surface area contributed by atoms with E-state index in [9.17, 15) is 0 Å². The van der Waals surface area contributed by atoms with Crippen LogP contribution in [0.4, 0.5) is 5.69 Å². The van der Waals surface area contributed by atoms with Gasteiger partial charge in [-0.25, -0.2) is 0 Å². The Labute approximate surface area is 106 Å². The molecular formula is C13H17BrN2. The predicted molar refractivity (Wildman–Crippen MR) is 71.5 cm³/mol. The van der Waals surface area contributed by atoms with Gasteiger partial charge in [0.2, 0.25) is 0 Å². The first-order valence-corrected chi connectivity index (χ1v) is 6.43. The zero-order valence-electron chi connectivity index (χ0n) is 9.76. The summed E-state index contributed by atoms with van der Waals surface area (Å²) in [6.45, 7) is 4.34. The summed E-state index contributed by atoms with van der Waals surface area (Å²) in [6.07, 6.45) is 3.55. The monoisotopic (exact) mass is 280 g/mol. The van der Waals surface area contributed by atoms with Gasteiger partial charge in [0.15, 0.2) is 0 Å². The van der Waals surface area contributed by atoms with Gasteiger partial charge in [-0.15, -0.1) is 0 Å². The number of rotatable bonds is 5. The molecule has 0 radical (unpaired) electrons. The lowest BCUT2D eigenvalue weighted by molar-refractivity contribution is 0.645. The molecule has 1 rings (SSSR count). The van der Waals surface area contributed by atoms with Crippen LogP contribution in [-0.4, -0.2) is 6.04 Å². The summed E-state index contributed by atoms with van der Waals surface area (Å²) < 4.78 is 0.850. The van der Waals surface area contributed by atoms with E-state index in [0.29, 0.717) is 11.6 Å². The highest BCUT2D eigenvalue weighted by molar-refractivity contribution is 9.10. The Morgan fingerprint density at radius 3 is 2.88 bits per heavy atom. The van der Waals surface area contributed by atoms with Gasteiger partial charge in [-0.3, -0.25) is 0 Å². The van der Waals surface area contributed by atoms with Crippen molar-refractivity contribution in [1.29, 1.82) is 5.26 Å². The number of nitriles is 1. The maximum absolute atomic E-state index is 9.07. The van der Waals surface area contributed by atoms with Crippen molar-refractivity contribution < 1.29 is 0 Å².